The molecule has 3 rings (SSSR count). The lowest BCUT2D eigenvalue weighted by molar-refractivity contribution is -0.886. The lowest BCUT2D eigenvalue weighted by atomic mass is 10.1. The number of nitrogens with zero attached hydrogens (tertiary/aromatic N) is 2. The Morgan fingerprint density at radius 3 is 2.95 bits per heavy atom. The number of carbonyl (C=O) groups excluding carboxylic acids is 1. The Bertz CT molecular complexity index is 721. The number of benzene rings is 1. The summed E-state index contributed by atoms with van der Waals surface area (Å²) in [5.74, 6) is -0.407. The van der Waals surface area contributed by atoms with E-state index in [2.05, 4.69) is 15.9 Å². The molecule has 1 aliphatic rings. The minimum atomic E-state index is -0.275. The molecule has 0 spiro atoms. The standard InChI is InChI=1S/C15H13BrFN2O2/c1-21-18-8-11(6-12(16)9-18)15(20)19-5-4-10-7-13(17)2-3-14(10)19/h2-3,6-9H,4-5H2,1H3/q+1. The number of carbonyl (C=O) groups is 1. The van der Waals surface area contributed by atoms with Gasteiger partial charge in [0.15, 0.2) is 0 Å². The summed E-state index contributed by atoms with van der Waals surface area (Å²) in [6.07, 6.45) is 4.00. The van der Waals surface area contributed by atoms with Crippen LogP contribution in [0.2, 0.25) is 0 Å². The van der Waals surface area contributed by atoms with Gasteiger partial charge in [0.05, 0.1) is 4.47 Å². The lowest BCUT2D eigenvalue weighted by Gasteiger charge is -2.16. The highest BCUT2D eigenvalue weighted by molar-refractivity contribution is 9.10. The smallest absolute Gasteiger partial charge is 0.264 e. The number of amides is 1. The molecule has 0 N–H and O–H groups in total. The Hall–Kier alpha value is -1.95. The minimum Gasteiger partial charge on any atom is -0.308 e. The Morgan fingerprint density at radius 2 is 2.19 bits per heavy atom. The van der Waals surface area contributed by atoms with Gasteiger partial charge in [0, 0.05) is 17.0 Å². The van der Waals surface area contributed by atoms with E-state index in [4.69, 9.17) is 4.84 Å². The molecule has 0 radical (unpaired) electrons. The monoisotopic (exact) mass is 351 g/mol. The third-order valence-electron chi connectivity index (χ3n) is 3.45. The molecule has 0 saturated carbocycles. The fraction of sp³-hybridized carbons (Fsp3) is 0.200. The van der Waals surface area contributed by atoms with E-state index in [1.54, 1.807) is 29.4 Å². The van der Waals surface area contributed by atoms with Crippen LogP contribution in [0.1, 0.15) is 15.9 Å². The predicted octanol–water partition coefficient (Wildman–Crippen LogP) is 2.14. The molecule has 1 aromatic carbocycles. The zero-order valence-electron chi connectivity index (χ0n) is 11.3. The highest BCUT2D eigenvalue weighted by Gasteiger charge is 2.27. The molecule has 2 aromatic rings. The van der Waals surface area contributed by atoms with E-state index < -0.39 is 0 Å². The third kappa shape index (κ3) is 2.63. The second-order valence-electron chi connectivity index (χ2n) is 4.77. The highest BCUT2D eigenvalue weighted by Crippen LogP contribution is 2.29. The number of rotatable bonds is 2. The van der Waals surface area contributed by atoms with E-state index in [0.29, 0.717) is 18.5 Å². The largest absolute Gasteiger partial charge is 0.308 e. The number of hydrogen-bond donors (Lipinski definition) is 0. The Balaban J connectivity index is 1.96. The van der Waals surface area contributed by atoms with Crippen LogP contribution in [0.15, 0.2) is 41.1 Å². The van der Waals surface area contributed by atoms with Gasteiger partial charge in [0.25, 0.3) is 5.91 Å². The first kappa shape index (κ1) is 14.0. The van der Waals surface area contributed by atoms with E-state index in [0.717, 1.165) is 15.7 Å². The van der Waals surface area contributed by atoms with Crippen molar-refractivity contribution in [3.63, 3.8) is 0 Å². The molecule has 0 bridgehead atoms. The van der Waals surface area contributed by atoms with Crippen molar-refractivity contribution in [2.24, 2.45) is 0 Å². The van der Waals surface area contributed by atoms with Gasteiger partial charge in [-0.25, -0.2) is 4.39 Å². The van der Waals surface area contributed by atoms with Crippen LogP contribution in [0.25, 0.3) is 0 Å². The van der Waals surface area contributed by atoms with Crippen LogP contribution in [0.5, 0.6) is 0 Å². The summed E-state index contributed by atoms with van der Waals surface area (Å²) in [6, 6.07) is 6.25. The second kappa shape index (κ2) is 5.44. The van der Waals surface area contributed by atoms with Crippen molar-refractivity contribution in [1.29, 1.82) is 0 Å². The summed E-state index contributed by atoms with van der Waals surface area (Å²) < 4.78 is 15.4. The number of halogens is 2. The maximum Gasteiger partial charge on any atom is 0.264 e. The first-order valence-electron chi connectivity index (χ1n) is 6.45. The van der Waals surface area contributed by atoms with E-state index in [-0.39, 0.29) is 11.7 Å². The molecular formula is C15H13BrFN2O2+. The summed E-state index contributed by atoms with van der Waals surface area (Å²) in [4.78, 5) is 19.4. The Labute approximate surface area is 129 Å². The number of aromatic nitrogens is 1. The van der Waals surface area contributed by atoms with Gasteiger partial charge in [0.2, 0.25) is 12.4 Å². The van der Waals surface area contributed by atoms with Gasteiger partial charge in [-0.3, -0.25) is 9.63 Å². The van der Waals surface area contributed by atoms with Crippen molar-refractivity contribution in [3.8, 4) is 0 Å². The van der Waals surface area contributed by atoms with Crippen LogP contribution in [0.4, 0.5) is 10.1 Å². The maximum absolute atomic E-state index is 13.2. The molecule has 108 valence electrons. The van der Waals surface area contributed by atoms with Crippen molar-refractivity contribution in [2.45, 2.75) is 6.42 Å². The number of pyridine rings is 1. The lowest BCUT2D eigenvalue weighted by Crippen LogP contribution is -2.41. The molecule has 6 heteroatoms. The molecule has 0 atom stereocenters. The molecule has 2 heterocycles. The van der Waals surface area contributed by atoms with Crippen LogP contribution in [-0.2, 0) is 6.42 Å². The quantitative estimate of drug-likeness (QED) is 0.776. The number of anilines is 1. The van der Waals surface area contributed by atoms with Crippen LogP contribution in [0, 0.1) is 5.82 Å². The normalized spacial score (nSPS) is 13.2. The molecule has 21 heavy (non-hydrogen) atoms. The molecule has 0 aliphatic carbocycles. The zero-order chi connectivity index (χ0) is 15.0. The van der Waals surface area contributed by atoms with Gasteiger partial charge in [-0.2, -0.15) is 0 Å². The van der Waals surface area contributed by atoms with Crippen LogP contribution in [0.3, 0.4) is 0 Å². The van der Waals surface area contributed by atoms with Gasteiger partial charge in [-0.1, -0.05) is 0 Å². The molecule has 0 saturated heterocycles. The summed E-state index contributed by atoms with van der Waals surface area (Å²) in [7, 11) is 1.52. The molecule has 1 amide bonds. The summed E-state index contributed by atoms with van der Waals surface area (Å²) in [6.45, 7) is 0.553. The number of fused-ring (bicyclic) bond motifs is 1. The third-order valence-corrected chi connectivity index (χ3v) is 3.88. The minimum absolute atomic E-state index is 0.132. The molecule has 0 unspecified atom stereocenters. The van der Waals surface area contributed by atoms with Crippen molar-refractivity contribution >= 4 is 27.5 Å². The first-order chi connectivity index (χ1) is 10.1. The van der Waals surface area contributed by atoms with Gasteiger partial charge < -0.3 is 4.90 Å². The first-order valence-corrected chi connectivity index (χ1v) is 7.24. The van der Waals surface area contributed by atoms with E-state index in [1.807, 2.05) is 0 Å². The molecule has 0 fully saturated rings. The SMILES string of the molecule is CO[n+]1cc(Br)cc(C(=O)N2CCc3cc(F)ccc32)c1. The van der Waals surface area contributed by atoms with Crippen molar-refractivity contribution < 1.29 is 18.8 Å². The molecule has 4 nitrogen and oxygen atoms in total. The Morgan fingerprint density at radius 1 is 1.38 bits per heavy atom. The van der Waals surface area contributed by atoms with Gasteiger partial charge >= 0.3 is 0 Å². The van der Waals surface area contributed by atoms with Crippen LogP contribution < -0.4 is 14.5 Å². The van der Waals surface area contributed by atoms with Crippen molar-refractivity contribution in [2.75, 3.05) is 18.6 Å². The topological polar surface area (TPSA) is 33.4 Å². The van der Waals surface area contributed by atoms with Crippen molar-refractivity contribution in [3.05, 3.63) is 58.1 Å². The van der Waals surface area contributed by atoms with E-state index >= 15 is 0 Å². The zero-order valence-corrected chi connectivity index (χ0v) is 12.9. The average Bonchev–Trinajstić information content (AvgIpc) is 2.88. The highest BCUT2D eigenvalue weighted by atomic mass is 79.9. The van der Waals surface area contributed by atoms with E-state index in [1.165, 1.54) is 24.0 Å². The van der Waals surface area contributed by atoms with Crippen molar-refractivity contribution in [1.82, 2.24) is 0 Å². The summed E-state index contributed by atoms with van der Waals surface area (Å²) in [5, 5.41) is 0. The summed E-state index contributed by atoms with van der Waals surface area (Å²) >= 11 is 3.35. The second-order valence-corrected chi connectivity index (χ2v) is 5.68. The number of hydrogen-bond acceptors (Lipinski definition) is 2. The van der Waals surface area contributed by atoms with Gasteiger partial charge in [-0.15, -0.1) is 0 Å². The fourth-order valence-electron chi connectivity index (χ4n) is 2.48. The Kier molecular flexibility index (Phi) is 3.63. The molecule has 1 aromatic heterocycles. The van der Waals surface area contributed by atoms with Gasteiger partial charge in [-0.05, 0) is 52.2 Å². The van der Waals surface area contributed by atoms with Crippen LogP contribution >= 0.6 is 15.9 Å². The van der Waals surface area contributed by atoms with Crippen LogP contribution in [-0.4, -0.2) is 19.6 Å². The van der Waals surface area contributed by atoms with E-state index in [9.17, 15) is 9.18 Å². The maximum atomic E-state index is 13.2. The fourth-order valence-corrected chi connectivity index (χ4v) is 2.93. The summed E-state index contributed by atoms with van der Waals surface area (Å²) in [5.41, 5.74) is 2.13. The average molecular weight is 352 g/mol. The van der Waals surface area contributed by atoms with Gasteiger partial charge in [0.1, 0.15) is 18.5 Å². The predicted molar refractivity (Wildman–Crippen MR) is 78.6 cm³/mol. The molecule has 1 aliphatic heterocycles. The molecular weight excluding hydrogens is 339 g/mol.